The third-order valence-electron chi connectivity index (χ3n) is 4.59. The van der Waals surface area contributed by atoms with E-state index in [0.717, 1.165) is 5.56 Å². The molecule has 2 unspecified atom stereocenters. The Morgan fingerprint density at radius 1 is 0.968 bits per heavy atom. The summed E-state index contributed by atoms with van der Waals surface area (Å²) in [7, 11) is 0. The third kappa shape index (κ3) is 9.58. The van der Waals surface area contributed by atoms with Crippen LogP contribution in [-0.4, -0.2) is 63.3 Å². The van der Waals surface area contributed by atoms with Gasteiger partial charge in [-0.1, -0.05) is 44.2 Å². The minimum atomic E-state index is -1.58. The Hall–Kier alpha value is -2.98. The molecule has 1 rings (SSSR count). The molecule has 0 fully saturated rings. The van der Waals surface area contributed by atoms with Crippen molar-refractivity contribution >= 4 is 23.8 Å². The average molecular weight is 437 g/mol. The van der Waals surface area contributed by atoms with Gasteiger partial charge in [-0.15, -0.1) is 0 Å². The first-order valence-corrected chi connectivity index (χ1v) is 10.0. The number of hydrogen-bond donors (Lipinski definition) is 6. The topological polar surface area (TPSA) is 179 Å². The van der Waals surface area contributed by atoms with Crippen LogP contribution in [0.3, 0.4) is 0 Å². The van der Waals surface area contributed by atoms with Crippen LogP contribution >= 0.6 is 0 Å². The van der Waals surface area contributed by atoms with Crippen molar-refractivity contribution in [3.8, 4) is 0 Å². The van der Waals surface area contributed by atoms with Gasteiger partial charge in [-0.25, -0.2) is 4.79 Å². The van der Waals surface area contributed by atoms with Crippen LogP contribution in [0.2, 0.25) is 0 Å². The molecule has 1 aromatic carbocycles. The molecule has 0 radical (unpaired) electrons. The summed E-state index contributed by atoms with van der Waals surface area (Å²) < 4.78 is 0. The van der Waals surface area contributed by atoms with E-state index in [1.165, 1.54) is 0 Å². The van der Waals surface area contributed by atoms with Gasteiger partial charge in [-0.2, -0.15) is 0 Å². The van der Waals surface area contributed by atoms with Crippen molar-refractivity contribution in [1.29, 1.82) is 0 Å². The first-order valence-electron chi connectivity index (χ1n) is 10.0. The molecule has 0 aliphatic carbocycles. The highest BCUT2D eigenvalue weighted by Crippen LogP contribution is 2.09. The molecule has 4 atom stereocenters. The Morgan fingerprint density at radius 3 is 2.06 bits per heavy atom. The second-order valence-electron chi connectivity index (χ2n) is 7.82. The number of benzene rings is 1. The van der Waals surface area contributed by atoms with Crippen LogP contribution in [0.25, 0.3) is 0 Å². The predicted molar refractivity (Wildman–Crippen MR) is 112 cm³/mol. The van der Waals surface area contributed by atoms with Crippen molar-refractivity contribution in [3.05, 3.63) is 35.9 Å². The lowest BCUT2D eigenvalue weighted by molar-refractivity contribution is -0.143. The number of aliphatic hydroxyl groups is 1. The molecule has 0 saturated heterocycles. The summed E-state index contributed by atoms with van der Waals surface area (Å²) in [5, 5.41) is 33.0. The quantitative estimate of drug-likeness (QED) is 0.247. The first kappa shape index (κ1) is 26.1. The predicted octanol–water partition coefficient (Wildman–Crippen LogP) is -0.118. The molecule has 2 amide bonds. The van der Waals surface area contributed by atoms with Crippen molar-refractivity contribution in [3.63, 3.8) is 0 Å². The molecule has 172 valence electrons. The van der Waals surface area contributed by atoms with Gasteiger partial charge in [0.05, 0.1) is 0 Å². The molecule has 0 spiro atoms. The molecule has 0 aromatic heterocycles. The van der Waals surface area contributed by atoms with Gasteiger partial charge >= 0.3 is 11.9 Å². The molecule has 31 heavy (non-hydrogen) atoms. The van der Waals surface area contributed by atoms with Crippen molar-refractivity contribution in [2.75, 3.05) is 0 Å². The van der Waals surface area contributed by atoms with Crippen LogP contribution in [0, 0.1) is 5.92 Å². The Morgan fingerprint density at radius 2 is 1.55 bits per heavy atom. The second-order valence-corrected chi connectivity index (χ2v) is 7.82. The Labute approximate surface area is 180 Å². The zero-order chi connectivity index (χ0) is 23.6. The molecule has 10 heteroatoms. The maximum absolute atomic E-state index is 12.6. The smallest absolute Gasteiger partial charge is 0.326 e. The molecule has 0 aliphatic rings. The Kier molecular flexibility index (Phi) is 10.6. The molecule has 10 nitrogen and oxygen atoms in total. The van der Waals surface area contributed by atoms with Crippen LogP contribution in [0.4, 0.5) is 0 Å². The molecule has 0 bridgehead atoms. The fourth-order valence-corrected chi connectivity index (χ4v) is 2.95. The minimum Gasteiger partial charge on any atom is -0.481 e. The van der Waals surface area contributed by atoms with Gasteiger partial charge in [0.1, 0.15) is 18.2 Å². The normalized spacial score (nSPS) is 14.9. The fraction of sp³-hybridized carbons (Fsp3) is 0.524. The molecular formula is C21H31N3O7. The Bertz CT molecular complexity index is 755. The van der Waals surface area contributed by atoms with Gasteiger partial charge in [0.2, 0.25) is 5.91 Å². The number of carboxylic acids is 2. The molecule has 1 aromatic rings. The van der Waals surface area contributed by atoms with E-state index in [9.17, 15) is 29.4 Å². The number of hydrogen-bond acceptors (Lipinski definition) is 6. The third-order valence-corrected chi connectivity index (χ3v) is 4.59. The van der Waals surface area contributed by atoms with E-state index < -0.39 is 54.4 Å². The number of nitrogens with two attached hydrogens (primary N) is 1. The molecular weight excluding hydrogens is 406 g/mol. The number of carbonyl (C=O) groups is 4. The van der Waals surface area contributed by atoms with Gasteiger partial charge in [-0.05, 0) is 30.7 Å². The monoisotopic (exact) mass is 437 g/mol. The highest BCUT2D eigenvalue weighted by atomic mass is 16.4. The van der Waals surface area contributed by atoms with E-state index in [-0.39, 0.29) is 25.2 Å². The van der Waals surface area contributed by atoms with E-state index in [1.54, 1.807) is 12.1 Å². The Balaban J connectivity index is 2.80. The lowest BCUT2D eigenvalue weighted by Crippen LogP contribution is -2.56. The molecule has 7 N–H and O–H groups in total. The summed E-state index contributed by atoms with van der Waals surface area (Å²) >= 11 is 0. The summed E-state index contributed by atoms with van der Waals surface area (Å²) in [5.41, 5.74) is 6.78. The summed E-state index contributed by atoms with van der Waals surface area (Å²) in [4.78, 5) is 47.1. The standard InChI is InChI=1S/C21H31N3O7/c1-12(2)10-16(19(28)23-15(21(30)31)8-9-17(25)26)24-20(29)18(27)14(22)11-13-6-4-3-5-7-13/h3-7,12,14-16,18,27H,8-11,22H2,1-2H3,(H,23,28)(H,24,29)(H,25,26)(H,30,31)/t14?,15-,16-,18?/m0/s1. The number of carboxylic acid groups (broad SMARTS) is 2. The number of nitrogens with one attached hydrogen (secondary N) is 2. The van der Waals surface area contributed by atoms with Crippen LogP contribution in [0.1, 0.15) is 38.7 Å². The van der Waals surface area contributed by atoms with Gasteiger partial charge < -0.3 is 31.7 Å². The zero-order valence-corrected chi connectivity index (χ0v) is 17.7. The minimum absolute atomic E-state index is 0.0338. The van der Waals surface area contributed by atoms with Gasteiger partial charge in [-0.3, -0.25) is 14.4 Å². The van der Waals surface area contributed by atoms with Crippen LogP contribution < -0.4 is 16.4 Å². The maximum atomic E-state index is 12.6. The fourth-order valence-electron chi connectivity index (χ4n) is 2.95. The zero-order valence-electron chi connectivity index (χ0n) is 17.7. The second kappa shape index (κ2) is 12.7. The number of rotatable bonds is 13. The number of carbonyl (C=O) groups excluding carboxylic acids is 2. The van der Waals surface area contributed by atoms with Crippen molar-refractivity contribution in [1.82, 2.24) is 10.6 Å². The van der Waals surface area contributed by atoms with Crippen molar-refractivity contribution in [2.45, 2.75) is 63.8 Å². The van der Waals surface area contributed by atoms with Crippen LogP contribution in [-0.2, 0) is 25.6 Å². The highest BCUT2D eigenvalue weighted by Gasteiger charge is 2.31. The molecule has 0 heterocycles. The summed E-state index contributed by atoms with van der Waals surface area (Å²) in [5.74, 6) is -4.23. The van der Waals surface area contributed by atoms with E-state index in [1.807, 2.05) is 32.0 Å². The summed E-state index contributed by atoms with van der Waals surface area (Å²) in [6.07, 6.45) is -1.89. The SMILES string of the molecule is CC(C)C[C@H](NC(=O)C(O)C(N)Cc1ccccc1)C(=O)N[C@@H](CCC(=O)O)C(=O)O. The number of aliphatic hydroxyl groups excluding tert-OH is 1. The maximum Gasteiger partial charge on any atom is 0.326 e. The molecule has 0 saturated carbocycles. The number of aliphatic carboxylic acids is 2. The highest BCUT2D eigenvalue weighted by molar-refractivity contribution is 5.91. The van der Waals surface area contributed by atoms with Crippen LogP contribution in [0.5, 0.6) is 0 Å². The van der Waals surface area contributed by atoms with E-state index in [4.69, 9.17) is 10.8 Å². The largest absolute Gasteiger partial charge is 0.481 e. The van der Waals surface area contributed by atoms with Gasteiger partial charge in [0.25, 0.3) is 5.91 Å². The lowest BCUT2D eigenvalue weighted by atomic mass is 9.99. The van der Waals surface area contributed by atoms with Crippen LogP contribution in [0.15, 0.2) is 30.3 Å². The van der Waals surface area contributed by atoms with E-state index in [2.05, 4.69) is 10.6 Å². The van der Waals surface area contributed by atoms with Crippen molar-refractivity contribution in [2.24, 2.45) is 11.7 Å². The average Bonchev–Trinajstić information content (AvgIpc) is 2.69. The van der Waals surface area contributed by atoms with E-state index in [0.29, 0.717) is 0 Å². The van der Waals surface area contributed by atoms with Crippen molar-refractivity contribution < 1.29 is 34.5 Å². The van der Waals surface area contributed by atoms with Gasteiger partial charge in [0.15, 0.2) is 0 Å². The summed E-state index contributed by atoms with van der Waals surface area (Å²) in [6.45, 7) is 3.62. The number of amides is 2. The first-order chi connectivity index (χ1) is 14.5. The summed E-state index contributed by atoms with van der Waals surface area (Å²) in [6, 6.07) is 5.62. The lowest BCUT2D eigenvalue weighted by Gasteiger charge is -2.25. The van der Waals surface area contributed by atoms with E-state index >= 15 is 0 Å². The molecule has 0 aliphatic heterocycles. The van der Waals surface area contributed by atoms with Gasteiger partial charge in [0, 0.05) is 12.5 Å².